The molecule has 4 heteroatoms. The van der Waals surface area contributed by atoms with Crippen LogP contribution in [0.3, 0.4) is 0 Å². The molecule has 2 aromatic carbocycles. The number of hydrazone groups is 1. The third kappa shape index (κ3) is 4.64. The van der Waals surface area contributed by atoms with E-state index < -0.39 is 6.10 Å². The van der Waals surface area contributed by atoms with E-state index in [0.29, 0.717) is 11.7 Å². The summed E-state index contributed by atoms with van der Waals surface area (Å²) in [6.07, 6.45) is 3.30. The van der Waals surface area contributed by atoms with Crippen molar-refractivity contribution in [3.63, 3.8) is 0 Å². The number of allylic oxidation sites excluding steroid dienone is 3. The Hall–Kier alpha value is -2.88. The molecule has 27 heavy (non-hydrogen) atoms. The highest BCUT2D eigenvalue weighted by atomic mass is 16.5. The second-order valence-electron chi connectivity index (χ2n) is 7.17. The van der Waals surface area contributed by atoms with Crippen molar-refractivity contribution in [3.05, 3.63) is 66.3 Å². The van der Waals surface area contributed by atoms with Crippen molar-refractivity contribution < 1.29 is 9.53 Å². The summed E-state index contributed by atoms with van der Waals surface area (Å²) in [7, 11) is 0. The molecule has 0 spiro atoms. The van der Waals surface area contributed by atoms with E-state index >= 15 is 0 Å². The SMILES string of the molecule is C=C(C)C1CC=C(C)C(=NNC(=O)C(C)Oc2ccc3ccccc3c2)C1. The van der Waals surface area contributed by atoms with Gasteiger partial charge in [0.15, 0.2) is 6.10 Å². The van der Waals surface area contributed by atoms with Crippen molar-refractivity contribution in [1.82, 2.24) is 5.43 Å². The fraction of sp³-hybridized carbons (Fsp3) is 0.304. The molecule has 0 aliphatic heterocycles. The molecule has 2 unspecified atom stereocenters. The van der Waals surface area contributed by atoms with E-state index in [9.17, 15) is 4.79 Å². The fourth-order valence-corrected chi connectivity index (χ4v) is 3.14. The van der Waals surface area contributed by atoms with E-state index in [1.807, 2.05) is 56.3 Å². The quantitative estimate of drug-likeness (QED) is 0.600. The summed E-state index contributed by atoms with van der Waals surface area (Å²) in [4.78, 5) is 12.4. The first-order chi connectivity index (χ1) is 12.9. The number of hydrogen-bond acceptors (Lipinski definition) is 3. The second-order valence-corrected chi connectivity index (χ2v) is 7.17. The Bertz CT molecular complexity index is 927. The molecule has 0 radical (unpaired) electrons. The van der Waals surface area contributed by atoms with Crippen molar-refractivity contribution in [3.8, 4) is 5.75 Å². The summed E-state index contributed by atoms with van der Waals surface area (Å²) in [5, 5.41) is 6.56. The fourth-order valence-electron chi connectivity index (χ4n) is 3.14. The van der Waals surface area contributed by atoms with Gasteiger partial charge in [-0.05, 0) is 68.0 Å². The van der Waals surface area contributed by atoms with Crippen LogP contribution in [0.2, 0.25) is 0 Å². The largest absolute Gasteiger partial charge is 0.481 e. The van der Waals surface area contributed by atoms with Gasteiger partial charge in [0.25, 0.3) is 5.91 Å². The van der Waals surface area contributed by atoms with Gasteiger partial charge < -0.3 is 4.74 Å². The third-order valence-electron chi connectivity index (χ3n) is 5.00. The van der Waals surface area contributed by atoms with Crippen LogP contribution in [0.1, 0.15) is 33.6 Å². The Kier molecular flexibility index (Phi) is 5.75. The topological polar surface area (TPSA) is 50.7 Å². The second kappa shape index (κ2) is 8.21. The lowest BCUT2D eigenvalue weighted by molar-refractivity contribution is -0.127. The Labute approximate surface area is 160 Å². The van der Waals surface area contributed by atoms with Gasteiger partial charge in [-0.25, -0.2) is 5.43 Å². The molecular weight excluding hydrogens is 336 g/mol. The predicted molar refractivity (Wildman–Crippen MR) is 111 cm³/mol. The monoisotopic (exact) mass is 362 g/mol. The number of rotatable bonds is 5. The average molecular weight is 362 g/mol. The molecule has 0 fully saturated rings. The van der Waals surface area contributed by atoms with Gasteiger partial charge in [-0.3, -0.25) is 4.79 Å². The molecule has 0 bridgehead atoms. The lowest BCUT2D eigenvalue weighted by Gasteiger charge is -2.22. The highest BCUT2D eigenvalue weighted by Crippen LogP contribution is 2.26. The molecule has 1 aliphatic carbocycles. The number of hydrogen-bond donors (Lipinski definition) is 1. The molecule has 0 saturated carbocycles. The summed E-state index contributed by atoms with van der Waals surface area (Å²) in [5.41, 5.74) is 5.81. The highest BCUT2D eigenvalue weighted by Gasteiger charge is 2.20. The number of carbonyl (C=O) groups is 1. The van der Waals surface area contributed by atoms with Crippen LogP contribution in [0.25, 0.3) is 10.8 Å². The van der Waals surface area contributed by atoms with Gasteiger partial charge in [0, 0.05) is 0 Å². The van der Waals surface area contributed by atoms with Crippen LogP contribution in [-0.4, -0.2) is 17.7 Å². The zero-order chi connectivity index (χ0) is 19.4. The molecule has 1 aliphatic rings. The van der Waals surface area contributed by atoms with E-state index in [4.69, 9.17) is 4.74 Å². The molecule has 2 atom stereocenters. The summed E-state index contributed by atoms with van der Waals surface area (Å²) in [5.74, 6) is 0.789. The molecule has 0 aromatic heterocycles. The summed E-state index contributed by atoms with van der Waals surface area (Å²) in [6, 6.07) is 13.9. The van der Waals surface area contributed by atoms with Gasteiger partial charge in [-0.2, -0.15) is 5.10 Å². The Morgan fingerprint density at radius 2 is 2.00 bits per heavy atom. The van der Waals surface area contributed by atoms with Crippen LogP contribution in [0.4, 0.5) is 0 Å². The first kappa shape index (κ1) is 18.9. The minimum absolute atomic E-state index is 0.263. The number of benzene rings is 2. The van der Waals surface area contributed by atoms with Gasteiger partial charge in [0.2, 0.25) is 0 Å². The lowest BCUT2D eigenvalue weighted by Crippen LogP contribution is -2.34. The molecule has 1 N–H and O–H groups in total. The maximum Gasteiger partial charge on any atom is 0.280 e. The predicted octanol–water partition coefficient (Wildman–Crippen LogP) is 5.01. The van der Waals surface area contributed by atoms with E-state index in [0.717, 1.165) is 40.5 Å². The van der Waals surface area contributed by atoms with Crippen molar-refractivity contribution >= 4 is 22.4 Å². The Morgan fingerprint density at radius 1 is 1.26 bits per heavy atom. The number of fused-ring (bicyclic) bond motifs is 1. The van der Waals surface area contributed by atoms with E-state index in [-0.39, 0.29) is 5.91 Å². The molecule has 4 nitrogen and oxygen atoms in total. The van der Waals surface area contributed by atoms with Crippen LogP contribution in [0, 0.1) is 5.92 Å². The van der Waals surface area contributed by atoms with Crippen molar-refractivity contribution in [2.75, 3.05) is 0 Å². The van der Waals surface area contributed by atoms with E-state index in [1.54, 1.807) is 6.92 Å². The maximum atomic E-state index is 12.4. The van der Waals surface area contributed by atoms with E-state index in [1.165, 1.54) is 0 Å². The van der Waals surface area contributed by atoms with Crippen LogP contribution in [0.5, 0.6) is 5.75 Å². The number of nitrogens with zero attached hydrogens (tertiary/aromatic N) is 1. The third-order valence-corrected chi connectivity index (χ3v) is 5.00. The minimum Gasteiger partial charge on any atom is -0.481 e. The number of ether oxygens (including phenoxy) is 1. The zero-order valence-electron chi connectivity index (χ0n) is 16.2. The van der Waals surface area contributed by atoms with Crippen LogP contribution in [-0.2, 0) is 4.79 Å². The number of carbonyl (C=O) groups excluding carboxylic acids is 1. The normalized spacial score (nSPS) is 19.4. The van der Waals surface area contributed by atoms with Gasteiger partial charge in [-0.15, -0.1) is 0 Å². The summed E-state index contributed by atoms with van der Waals surface area (Å²) in [6.45, 7) is 9.82. The molecule has 0 heterocycles. The zero-order valence-corrected chi connectivity index (χ0v) is 16.2. The van der Waals surface area contributed by atoms with E-state index in [2.05, 4.69) is 23.2 Å². The smallest absolute Gasteiger partial charge is 0.280 e. The summed E-state index contributed by atoms with van der Waals surface area (Å²) < 4.78 is 5.80. The first-order valence-electron chi connectivity index (χ1n) is 9.28. The van der Waals surface area contributed by atoms with Crippen LogP contribution < -0.4 is 10.2 Å². The number of nitrogens with one attached hydrogen (secondary N) is 1. The minimum atomic E-state index is -0.639. The standard InChI is InChI=1S/C23H26N2O2/c1-15(2)19-10-9-16(3)22(14-19)24-25-23(26)17(4)27-21-12-11-18-7-5-6-8-20(18)13-21/h5-9,11-13,17,19H,1,10,14H2,2-4H3,(H,25,26). The molecule has 1 amide bonds. The van der Waals surface area contributed by atoms with Gasteiger partial charge in [0.05, 0.1) is 5.71 Å². The van der Waals surface area contributed by atoms with Crippen molar-refractivity contribution in [2.24, 2.45) is 11.0 Å². The first-order valence-corrected chi connectivity index (χ1v) is 9.28. The molecule has 3 rings (SSSR count). The van der Waals surface area contributed by atoms with Crippen molar-refractivity contribution in [2.45, 2.75) is 39.7 Å². The van der Waals surface area contributed by atoms with Crippen LogP contribution >= 0.6 is 0 Å². The number of amides is 1. The molecular formula is C23H26N2O2. The maximum absolute atomic E-state index is 12.4. The average Bonchev–Trinajstić information content (AvgIpc) is 2.66. The van der Waals surface area contributed by atoms with Crippen LogP contribution in [0.15, 0.2) is 71.4 Å². The highest BCUT2D eigenvalue weighted by molar-refractivity contribution is 6.01. The van der Waals surface area contributed by atoms with Crippen molar-refractivity contribution in [1.29, 1.82) is 0 Å². The Morgan fingerprint density at radius 3 is 2.74 bits per heavy atom. The van der Waals surface area contributed by atoms with Gasteiger partial charge in [-0.1, -0.05) is 48.6 Å². The molecule has 140 valence electrons. The van der Waals surface area contributed by atoms with Gasteiger partial charge in [0.1, 0.15) is 5.75 Å². The van der Waals surface area contributed by atoms with Gasteiger partial charge >= 0.3 is 0 Å². The summed E-state index contributed by atoms with van der Waals surface area (Å²) >= 11 is 0. The lowest BCUT2D eigenvalue weighted by atomic mass is 9.85. The molecule has 0 saturated heterocycles. The molecule has 2 aromatic rings. The Balaban J connectivity index is 1.63.